The average Bonchev–Trinajstić information content (AvgIpc) is 3.27. The summed E-state index contributed by atoms with van der Waals surface area (Å²) in [6, 6.07) is 18.4. The van der Waals surface area contributed by atoms with Gasteiger partial charge in [-0.2, -0.15) is 0 Å². The Morgan fingerprint density at radius 1 is 1.11 bits per heavy atom. The van der Waals surface area contributed by atoms with Crippen LogP contribution in [0.3, 0.4) is 0 Å². The highest BCUT2D eigenvalue weighted by molar-refractivity contribution is 6.30. The van der Waals surface area contributed by atoms with Gasteiger partial charge in [0, 0.05) is 42.0 Å². The number of urea groups is 1. The summed E-state index contributed by atoms with van der Waals surface area (Å²) in [4.78, 5) is 36.6. The number of nitrogens with one attached hydrogen (secondary N) is 1. The second kappa shape index (κ2) is 9.88. The third-order valence-electron chi connectivity index (χ3n) is 6.35. The lowest BCUT2D eigenvalue weighted by atomic mass is 10.0. The van der Waals surface area contributed by atoms with Crippen molar-refractivity contribution in [2.45, 2.75) is 32.2 Å². The van der Waals surface area contributed by atoms with E-state index in [0.29, 0.717) is 35.8 Å². The number of anilines is 1. The van der Waals surface area contributed by atoms with Crippen LogP contribution < -0.4 is 5.32 Å². The Morgan fingerprint density at radius 2 is 2.00 bits per heavy atom. The molecule has 1 saturated heterocycles. The number of nitrogens with zero attached hydrogens (tertiary/aromatic N) is 4. The molecule has 0 bridgehead atoms. The van der Waals surface area contributed by atoms with E-state index in [4.69, 9.17) is 16.6 Å². The molecule has 2 aromatic heterocycles. The molecule has 4 aromatic rings. The van der Waals surface area contributed by atoms with Crippen molar-refractivity contribution in [2.75, 3.05) is 18.4 Å². The molecule has 35 heavy (non-hydrogen) atoms. The molecular weight excluding hydrogens is 462 g/mol. The number of benzene rings is 2. The first-order valence-corrected chi connectivity index (χ1v) is 12.2. The summed E-state index contributed by atoms with van der Waals surface area (Å²) < 4.78 is 2.18. The van der Waals surface area contributed by atoms with Gasteiger partial charge in [-0.1, -0.05) is 30.7 Å². The van der Waals surface area contributed by atoms with Gasteiger partial charge in [0.15, 0.2) is 11.6 Å². The minimum Gasteiger partial charge on any atom is -0.322 e. The number of aromatic nitrogens is 3. The molecule has 7 nitrogen and oxygen atoms in total. The number of hydrogen-bond acceptors (Lipinski definition) is 4. The molecule has 0 spiro atoms. The van der Waals surface area contributed by atoms with Crippen LogP contribution in [0, 0.1) is 0 Å². The maximum Gasteiger partial charge on any atom is 0.321 e. The first-order chi connectivity index (χ1) is 17.0. The van der Waals surface area contributed by atoms with Gasteiger partial charge < -0.3 is 14.8 Å². The molecule has 0 aliphatic carbocycles. The number of piperidine rings is 1. The average molecular weight is 488 g/mol. The highest BCUT2D eigenvalue weighted by atomic mass is 35.5. The largest absolute Gasteiger partial charge is 0.322 e. The van der Waals surface area contributed by atoms with Gasteiger partial charge in [0.05, 0.1) is 17.1 Å². The predicted molar refractivity (Wildman–Crippen MR) is 138 cm³/mol. The molecule has 1 fully saturated rings. The van der Waals surface area contributed by atoms with E-state index in [0.717, 1.165) is 35.4 Å². The highest BCUT2D eigenvalue weighted by Gasteiger charge is 2.29. The fraction of sp³-hybridized carbons (Fsp3) is 0.259. The number of rotatable bonds is 5. The fourth-order valence-corrected chi connectivity index (χ4v) is 4.83. The first-order valence-electron chi connectivity index (χ1n) is 11.8. The van der Waals surface area contributed by atoms with Gasteiger partial charge in [-0.3, -0.25) is 9.78 Å². The van der Waals surface area contributed by atoms with E-state index >= 15 is 0 Å². The molecule has 2 aromatic carbocycles. The Balaban J connectivity index is 1.49. The number of halogens is 1. The van der Waals surface area contributed by atoms with Gasteiger partial charge in [0.2, 0.25) is 0 Å². The minimum atomic E-state index is -0.156. The predicted octanol–water partition coefficient (Wildman–Crippen LogP) is 6.21. The topological polar surface area (TPSA) is 80.1 Å². The Bertz CT molecular complexity index is 1390. The number of Topliss-reactive ketones (excluding diaryl/α,β-unsaturated/α-hetero) is 1. The van der Waals surface area contributed by atoms with E-state index in [9.17, 15) is 9.59 Å². The Morgan fingerprint density at radius 3 is 2.77 bits per heavy atom. The molecule has 8 heteroatoms. The number of imidazole rings is 1. The van der Waals surface area contributed by atoms with Crippen molar-refractivity contribution in [1.82, 2.24) is 19.4 Å². The molecule has 1 aliphatic rings. The monoisotopic (exact) mass is 487 g/mol. The van der Waals surface area contributed by atoms with Crippen LogP contribution in [0.15, 0.2) is 66.9 Å². The first kappa shape index (κ1) is 23.1. The molecule has 178 valence electrons. The normalized spacial score (nSPS) is 15.8. The number of pyridine rings is 1. The van der Waals surface area contributed by atoms with Crippen LogP contribution in [-0.4, -0.2) is 44.3 Å². The summed E-state index contributed by atoms with van der Waals surface area (Å²) >= 11 is 6.07. The Labute approximate surface area is 208 Å². The number of likely N-dealkylation sites (tertiary alicyclic amines) is 1. The molecule has 5 rings (SSSR count). The van der Waals surface area contributed by atoms with E-state index in [1.807, 2.05) is 60.4 Å². The molecular formula is C27H26ClN5O2. The van der Waals surface area contributed by atoms with Crippen LogP contribution in [0.1, 0.15) is 42.6 Å². The zero-order chi connectivity index (χ0) is 24.4. The lowest BCUT2D eigenvalue weighted by molar-refractivity contribution is 0.0988. The van der Waals surface area contributed by atoms with E-state index in [1.165, 1.54) is 0 Å². The van der Waals surface area contributed by atoms with Gasteiger partial charge in [0.1, 0.15) is 5.69 Å². The number of amides is 2. The summed E-state index contributed by atoms with van der Waals surface area (Å²) in [6.07, 6.45) is 3.96. The number of hydrogen-bond donors (Lipinski definition) is 1. The zero-order valence-electron chi connectivity index (χ0n) is 19.4. The third kappa shape index (κ3) is 4.77. The van der Waals surface area contributed by atoms with Crippen LogP contribution in [0.25, 0.3) is 22.6 Å². The number of ketones is 1. The van der Waals surface area contributed by atoms with Crippen molar-refractivity contribution in [2.24, 2.45) is 0 Å². The number of fused-ring (bicyclic) bond motifs is 1. The minimum absolute atomic E-state index is 0.0172. The fourth-order valence-electron chi connectivity index (χ4n) is 4.64. The number of carbonyl (C=O) groups is 2. The molecule has 0 saturated carbocycles. The summed E-state index contributed by atoms with van der Waals surface area (Å²) in [5.74, 6) is 0.825. The van der Waals surface area contributed by atoms with Gasteiger partial charge in [-0.05, 0) is 61.4 Å². The SMILES string of the molecule is CCC(=O)c1ccc2c(c1)nc(-c1ccccn1)n2C1CCCN(C(=O)Nc2cccc(Cl)c2)C1. The van der Waals surface area contributed by atoms with Gasteiger partial charge >= 0.3 is 6.03 Å². The quantitative estimate of drug-likeness (QED) is 0.339. The molecule has 2 amide bonds. The van der Waals surface area contributed by atoms with Crippen LogP contribution >= 0.6 is 11.6 Å². The lowest BCUT2D eigenvalue weighted by Gasteiger charge is -2.34. The van der Waals surface area contributed by atoms with Crippen molar-refractivity contribution in [3.8, 4) is 11.5 Å². The summed E-state index contributed by atoms with van der Waals surface area (Å²) in [5, 5.41) is 3.53. The van der Waals surface area contributed by atoms with Gasteiger partial charge in [-0.25, -0.2) is 9.78 Å². The van der Waals surface area contributed by atoms with Crippen molar-refractivity contribution in [1.29, 1.82) is 0 Å². The molecule has 1 N–H and O–H groups in total. The summed E-state index contributed by atoms with van der Waals surface area (Å²) in [6.45, 7) is 3.06. The van der Waals surface area contributed by atoms with Crippen LogP contribution in [0.5, 0.6) is 0 Å². The maximum atomic E-state index is 13.1. The van der Waals surface area contributed by atoms with Crippen LogP contribution in [0.2, 0.25) is 5.02 Å². The van der Waals surface area contributed by atoms with E-state index in [-0.39, 0.29) is 17.9 Å². The zero-order valence-corrected chi connectivity index (χ0v) is 20.2. The lowest BCUT2D eigenvalue weighted by Crippen LogP contribution is -2.43. The van der Waals surface area contributed by atoms with Crippen LogP contribution in [-0.2, 0) is 0 Å². The second-order valence-corrected chi connectivity index (χ2v) is 9.12. The van der Waals surface area contributed by atoms with E-state index in [1.54, 1.807) is 18.3 Å². The molecule has 1 aliphatic heterocycles. The number of carbonyl (C=O) groups excluding carboxylic acids is 2. The van der Waals surface area contributed by atoms with Crippen molar-refractivity contribution in [3.05, 3.63) is 77.4 Å². The standard InChI is InChI=1S/C27H26ClN5O2/c1-2-25(34)18-11-12-24-23(15-18)31-26(22-10-3-4-13-29-22)33(24)21-9-6-14-32(17-21)27(35)30-20-8-5-7-19(28)16-20/h3-5,7-8,10-13,15-16,21H,2,6,9,14,17H2,1H3,(H,30,35). The highest BCUT2D eigenvalue weighted by Crippen LogP contribution is 2.33. The Kier molecular flexibility index (Phi) is 6.51. The molecule has 1 atom stereocenters. The third-order valence-corrected chi connectivity index (χ3v) is 6.59. The van der Waals surface area contributed by atoms with Gasteiger partial charge in [-0.15, -0.1) is 0 Å². The van der Waals surface area contributed by atoms with Crippen molar-refractivity contribution >= 4 is 40.1 Å². The summed E-state index contributed by atoms with van der Waals surface area (Å²) in [7, 11) is 0. The van der Waals surface area contributed by atoms with Crippen molar-refractivity contribution < 1.29 is 9.59 Å². The van der Waals surface area contributed by atoms with Crippen LogP contribution in [0.4, 0.5) is 10.5 Å². The van der Waals surface area contributed by atoms with E-state index < -0.39 is 0 Å². The summed E-state index contributed by atoms with van der Waals surface area (Å²) in [5.41, 5.74) is 3.77. The van der Waals surface area contributed by atoms with Gasteiger partial charge in [0.25, 0.3) is 0 Å². The molecule has 0 radical (unpaired) electrons. The molecule has 1 unspecified atom stereocenters. The second-order valence-electron chi connectivity index (χ2n) is 8.68. The maximum absolute atomic E-state index is 13.1. The smallest absolute Gasteiger partial charge is 0.321 e. The van der Waals surface area contributed by atoms with Crippen molar-refractivity contribution in [3.63, 3.8) is 0 Å². The Hall–Kier alpha value is -3.71. The van der Waals surface area contributed by atoms with E-state index in [2.05, 4.69) is 14.9 Å². The molecule has 3 heterocycles.